The highest BCUT2D eigenvalue weighted by Crippen LogP contribution is 2.15. The molecule has 2 heterocycles. The van der Waals surface area contributed by atoms with Crippen LogP contribution in [0.1, 0.15) is 5.56 Å². The molecule has 0 aromatic carbocycles. The zero-order chi connectivity index (χ0) is 14.3. The van der Waals surface area contributed by atoms with Crippen molar-refractivity contribution in [2.75, 3.05) is 5.73 Å². The van der Waals surface area contributed by atoms with Crippen molar-refractivity contribution in [1.82, 2.24) is 20.3 Å². The highest BCUT2D eigenvalue weighted by Gasteiger charge is 2.27. The van der Waals surface area contributed by atoms with Crippen LogP contribution in [0.3, 0.4) is 0 Å². The summed E-state index contributed by atoms with van der Waals surface area (Å²) in [6.45, 7) is 0.355. The number of nitrogen functional groups attached to an aromatic ring is 1. The lowest BCUT2D eigenvalue weighted by Crippen LogP contribution is -2.40. The number of rotatable bonds is 3. The van der Waals surface area contributed by atoms with Crippen molar-refractivity contribution in [3.05, 3.63) is 34.3 Å². The smallest absolute Gasteiger partial charge is 0.262 e. The van der Waals surface area contributed by atoms with Crippen LogP contribution >= 0.6 is 0 Å². The summed E-state index contributed by atoms with van der Waals surface area (Å²) in [4.78, 5) is 21.2. The summed E-state index contributed by atoms with van der Waals surface area (Å²) >= 11 is 0. The normalized spacial score (nSPS) is 25.6. The third-order valence-corrected chi connectivity index (χ3v) is 3.40. The molecule has 0 saturated heterocycles. The first-order valence-corrected chi connectivity index (χ1v) is 6.20. The number of fused-ring (bicyclic) bond motifs is 1. The average Bonchev–Trinajstić information content (AvgIpc) is 2.93. The van der Waals surface area contributed by atoms with Gasteiger partial charge in [0.15, 0.2) is 0 Å². The summed E-state index contributed by atoms with van der Waals surface area (Å²) in [6.07, 6.45) is 3.16. The summed E-state index contributed by atoms with van der Waals surface area (Å²) < 4.78 is 0. The Morgan fingerprint density at radius 3 is 2.90 bits per heavy atom. The zero-order valence-electron chi connectivity index (χ0n) is 10.5. The molecule has 8 nitrogen and oxygen atoms in total. The van der Waals surface area contributed by atoms with Gasteiger partial charge in [-0.25, -0.2) is 0 Å². The number of anilines is 1. The van der Waals surface area contributed by atoms with Gasteiger partial charge in [0.25, 0.3) is 5.56 Å². The number of H-pyrrole nitrogens is 2. The maximum atomic E-state index is 11.9. The number of nitrogens with two attached hydrogens (primary N) is 1. The molecule has 106 valence electrons. The van der Waals surface area contributed by atoms with E-state index in [1.165, 1.54) is 6.08 Å². The second-order valence-corrected chi connectivity index (χ2v) is 4.76. The zero-order valence-corrected chi connectivity index (χ0v) is 10.5. The Hall–Kier alpha value is -2.16. The molecule has 0 radical (unpaired) electrons. The van der Waals surface area contributed by atoms with Crippen molar-refractivity contribution in [1.29, 1.82) is 0 Å². The number of aliphatic hydroxyl groups is 2. The quantitative estimate of drug-likeness (QED) is 0.381. The van der Waals surface area contributed by atoms with Crippen LogP contribution in [0.25, 0.3) is 11.0 Å². The van der Waals surface area contributed by atoms with Crippen molar-refractivity contribution in [2.24, 2.45) is 0 Å². The summed E-state index contributed by atoms with van der Waals surface area (Å²) in [5.74, 6) is 0.0566. The molecule has 1 aliphatic rings. The monoisotopic (exact) mass is 277 g/mol. The maximum Gasteiger partial charge on any atom is 0.262 e. The fraction of sp³-hybridized carbons (Fsp3) is 0.333. The molecule has 3 atom stereocenters. The third kappa shape index (κ3) is 2.09. The van der Waals surface area contributed by atoms with Gasteiger partial charge < -0.3 is 26.2 Å². The van der Waals surface area contributed by atoms with Crippen LogP contribution in [0.4, 0.5) is 5.95 Å². The largest absolute Gasteiger partial charge is 0.388 e. The highest BCUT2D eigenvalue weighted by atomic mass is 16.3. The topological polar surface area (TPSA) is 140 Å². The number of nitrogens with one attached hydrogen (secondary N) is 3. The third-order valence-electron chi connectivity index (χ3n) is 3.40. The number of aromatic nitrogens is 3. The minimum Gasteiger partial charge on any atom is -0.388 e. The summed E-state index contributed by atoms with van der Waals surface area (Å²) in [5.41, 5.74) is 6.30. The molecule has 1 aliphatic carbocycles. The molecule has 0 bridgehead atoms. The fourth-order valence-corrected chi connectivity index (χ4v) is 2.35. The second kappa shape index (κ2) is 4.75. The van der Waals surface area contributed by atoms with E-state index >= 15 is 0 Å². The maximum absolute atomic E-state index is 11.9. The minimum atomic E-state index is -0.882. The molecule has 0 amide bonds. The van der Waals surface area contributed by atoms with Gasteiger partial charge in [-0.05, 0) is 5.56 Å². The van der Waals surface area contributed by atoms with Gasteiger partial charge >= 0.3 is 0 Å². The first kappa shape index (κ1) is 12.9. The van der Waals surface area contributed by atoms with Gasteiger partial charge in [-0.2, -0.15) is 4.98 Å². The molecule has 0 aliphatic heterocycles. The fourth-order valence-electron chi connectivity index (χ4n) is 2.35. The Balaban J connectivity index is 1.82. The van der Waals surface area contributed by atoms with Crippen LogP contribution in [0.5, 0.6) is 0 Å². The van der Waals surface area contributed by atoms with Crippen LogP contribution < -0.4 is 16.6 Å². The van der Waals surface area contributed by atoms with Crippen LogP contribution in [0.2, 0.25) is 0 Å². The molecule has 0 unspecified atom stereocenters. The predicted octanol–water partition coefficient (Wildman–Crippen LogP) is -1.42. The Morgan fingerprint density at radius 1 is 1.40 bits per heavy atom. The molecule has 2 aromatic heterocycles. The van der Waals surface area contributed by atoms with Crippen LogP contribution in [0.15, 0.2) is 23.1 Å². The van der Waals surface area contributed by atoms with E-state index in [9.17, 15) is 15.0 Å². The Labute approximate surface area is 113 Å². The van der Waals surface area contributed by atoms with Gasteiger partial charge in [0, 0.05) is 12.7 Å². The number of hydrogen-bond acceptors (Lipinski definition) is 6. The molecular formula is C12H15N5O3. The van der Waals surface area contributed by atoms with Gasteiger partial charge in [0.2, 0.25) is 5.95 Å². The number of nitrogens with zero attached hydrogens (tertiary/aromatic N) is 1. The van der Waals surface area contributed by atoms with Crippen LogP contribution in [-0.2, 0) is 6.54 Å². The Bertz CT molecular complexity index is 719. The van der Waals surface area contributed by atoms with E-state index in [1.807, 2.05) is 0 Å². The van der Waals surface area contributed by atoms with Crippen LogP contribution in [-0.4, -0.2) is 43.4 Å². The first-order valence-electron chi connectivity index (χ1n) is 6.20. The van der Waals surface area contributed by atoms with Gasteiger partial charge in [0.05, 0.1) is 17.5 Å². The molecule has 0 fully saturated rings. The standard InChI is InChI=1S/C12H15N5O3/c13-12-16-10-8(11(20)17-12)5(4-15-10)3-14-6-1-2-7(18)9(6)19/h1-2,4,6-7,9,14,18-19H,3H2,(H4,13,15,16,17,20)/t6-,7+,9+/m1/s1. The summed E-state index contributed by atoms with van der Waals surface area (Å²) in [6, 6.07) is -0.351. The molecule has 0 saturated carbocycles. The van der Waals surface area contributed by atoms with E-state index in [4.69, 9.17) is 5.73 Å². The van der Waals surface area contributed by atoms with Crippen molar-refractivity contribution in [2.45, 2.75) is 24.8 Å². The van der Waals surface area contributed by atoms with Crippen molar-refractivity contribution in [3.63, 3.8) is 0 Å². The van der Waals surface area contributed by atoms with Crippen molar-refractivity contribution in [3.8, 4) is 0 Å². The number of hydrogen-bond donors (Lipinski definition) is 6. The lowest BCUT2D eigenvalue weighted by atomic mass is 10.1. The van der Waals surface area contributed by atoms with E-state index in [0.717, 1.165) is 5.56 Å². The molecule has 2 aromatic rings. The molecular weight excluding hydrogens is 262 g/mol. The predicted molar refractivity (Wildman–Crippen MR) is 72.9 cm³/mol. The van der Waals surface area contributed by atoms with Gasteiger partial charge in [-0.15, -0.1) is 0 Å². The number of aromatic amines is 2. The Morgan fingerprint density at radius 2 is 2.20 bits per heavy atom. The van der Waals surface area contributed by atoms with E-state index < -0.39 is 12.2 Å². The van der Waals surface area contributed by atoms with Gasteiger partial charge in [0.1, 0.15) is 11.8 Å². The molecule has 3 rings (SSSR count). The highest BCUT2D eigenvalue weighted by molar-refractivity contribution is 5.79. The molecule has 7 N–H and O–H groups in total. The van der Waals surface area contributed by atoms with Gasteiger partial charge in [-0.1, -0.05) is 12.2 Å². The van der Waals surface area contributed by atoms with Gasteiger partial charge in [-0.3, -0.25) is 9.78 Å². The molecule has 0 spiro atoms. The summed E-state index contributed by atoms with van der Waals surface area (Å²) in [5, 5.41) is 22.6. The number of aliphatic hydroxyl groups excluding tert-OH is 2. The van der Waals surface area contributed by atoms with E-state index in [1.54, 1.807) is 12.3 Å². The lowest BCUT2D eigenvalue weighted by molar-refractivity contribution is 0.0441. The minimum absolute atomic E-state index is 0.0566. The Kier molecular flexibility index (Phi) is 3.05. The second-order valence-electron chi connectivity index (χ2n) is 4.76. The molecule has 8 heteroatoms. The summed E-state index contributed by atoms with van der Waals surface area (Å²) in [7, 11) is 0. The average molecular weight is 277 g/mol. The van der Waals surface area contributed by atoms with Crippen molar-refractivity contribution >= 4 is 17.0 Å². The van der Waals surface area contributed by atoms with E-state index in [0.29, 0.717) is 17.6 Å². The first-order chi connectivity index (χ1) is 9.56. The van der Waals surface area contributed by atoms with E-state index in [-0.39, 0.29) is 17.5 Å². The van der Waals surface area contributed by atoms with Crippen LogP contribution in [0, 0.1) is 0 Å². The SMILES string of the molecule is Nc1nc2[nH]cc(CN[C@@H]3C=C[C@H](O)[C@H]3O)c2c(=O)[nH]1. The lowest BCUT2D eigenvalue weighted by Gasteiger charge is -2.17. The van der Waals surface area contributed by atoms with E-state index in [2.05, 4.69) is 20.3 Å². The van der Waals surface area contributed by atoms with Crippen molar-refractivity contribution < 1.29 is 10.2 Å². The molecule has 20 heavy (non-hydrogen) atoms.